The Bertz CT molecular complexity index is 1080. The minimum Gasteiger partial charge on any atom is -0.383 e. The van der Waals surface area contributed by atoms with Gasteiger partial charge in [0.1, 0.15) is 5.69 Å². The average molecular weight is 324 g/mol. The molecule has 0 aliphatic rings. The van der Waals surface area contributed by atoms with Gasteiger partial charge in [-0.05, 0) is 23.8 Å². The summed E-state index contributed by atoms with van der Waals surface area (Å²) in [6, 6.07) is 15.5. The molecule has 4 rings (SSSR count). The molecule has 2 aromatic heterocycles. The summed E-state index contributed by atoms with van der Waals surface area (Å²) in [4.78, 5) is 18.9. The van der Waals surface area contributed by atoms with Gasteiger partial charge in [-0.25, -0.2) is 0 Å². The summed E-state index contributed by atoms with van der Waals surface area (Å²) in [6.45, 7) is 0. The van der Waals surface area contributed by atoms with E-state index in [-0.39, 0.29) is 5.56 Å². The summed E-state index contributed by atoms with van der Waals surface area (Å²) >= 11 is 6.11. The van der Waals surface area contributed by atoms with Gasteiger partial charge in [-0.15, -0.1) is 0 Å². The Labute approximate surface area is 137 Å². The van der Waals surface area contributed by atoms with Crippen molar-refractivity contribution in [2.45, 2.75) is 0 Å². The van der Waals surface area contributed by atoms with E-state index in [1.165, 1.54) is 0 Å². The topological polar surface area (TPSA) is 60.7 Å². The quantitative estimate of drug-likeness (QED) is 0.513. The van der Waals surface area contributed by atoms with Gasteiger partial charge in [0.2, 0.25) is 0 Å². The van der Waals surface area contributed by atoms with Crippen LogP contribution in [0.1, 0.15) is 0 Å². The SMILES string of the molecule is CNc1c(-c2ccccc2)c2[nH]c3ccc(Cl)cc3c2[nH]c1=O. The van der Waals surface area contributed by atoms with Crippen LogP contribution in [-0.2, 0) is 0 Å². The van der Waals surface area contributed by atoms with E-state index >= 15 is 0 Å². The molecule has 0 atom stereocenters. The van der Waals surface area contributed by atoms with Crippen LogP contribution in [0.3, 0.4) is 0 Å². The minimum atomic E-state index is -0.153. The van der Waals surface area contributed by atoms with Gasteiger partial charge in [0.25, 0.3) is 5.56 Å². The monoisotopic (exact) mass is 323 g/mol. The molecule has 0 radical (unpaired) electrons. The largest absolute Gasteiger partial charge is 0.383 e. The lowest BCUT2D eigenvalue weighted by Gasteiger charge is -2.10. The Balaban J connectivity index is 2.22. The number of pyridine rings is 1. The third-order valence-corrected chi connectivity index (χ3v) is 4.27. The molecule has 0 spiro atoms. The summed E-state index contributed by atoms with van der Waals surface area (Å²) in [5, 5.41) is 4.56. The van der Waals surface area contributed by atoms with E-state index in [4.69, 9.17) is 11.6 Å². The fourth-order valence-corrected chi connectivity index (χ4v) is 3.20. The highest BCUT2D eigenvalue weighted by Crippen LogP contribution is 2.35. The van der Waals surface area contributed by atoms with Gasteiger partial charge in [-0.3, -0.25) is 4.79 Å². The minimum absolute atomic E-state index is 0.153. The Morgan fingerprint density at radius 1 is 1.00 bits per heavy atom. The number of hydrogen-bond acceptors (Lipinski definition) is 2. The molecule has 0 fully saturated rings. The average Bonchev–Trinajstić information content (AvgIpc) is 2.92. The van der Waals surface area contributed by atoms with Gasteiger partial charge in [0.05, 0.1) is 11.0 Å². The maximum Gasteiger partial charge on any atom is 0.272 e. The molecule has 0 aliphatic heterocycles. The highest BCUT2D eigenvalue weighted by molar-refractivity contribution is 6.31. The van der Waals surface area contributed by atoms with Crippen molar-refractivity contribution in [2.24, 2.45) is 0 Å². The predicted octanol–water partition coefficient (Wildman–Crippen LogP) is 4.37. The lowest BCUT2D eigenvalue weighted by molar-refractivity contribution is 1.29. The molecular weight excluding hydrogens is 310 g/mol. The summed E-state index contributed by atoms with van der Waals surface area (Å²) in [6.07, 6.45) is 0. The van der Waals surface area contributed by atoms with Gasteiger partial charge in [-0.1, -0.05) is 41.9 Å². The standard InChI is InChI=1S/C18H14ClN3O/c1-20-17-14(10-5-3-2-4-6-10)16-15(22-18(17)23)12-9-11(19)7-8-13(12)21-16/h2-9,20-21H,1H3,(H,22,23). The zero-order valence-corrected chi connectivity index (χ0v) is 13.2. The Kier molecular flexibility index (Phi) is 3.13. The molecule has 0 saturated heterocycles. The van der Waals surface area contributed by atoms with Crippen LogP contribution in [0.15, 0.2) is 53.3 Å². The molecule has 0 bridgehead atoms. The third kappa shape index (κ3) is 2.11. The first-order chi connectivity index (χ1) is 11.2. The van der Waals surface area contributed by atoms with Crippen LogP contribution in [0.5, 0.6) is 0 Å². The van der Waals surface area contributed by atoms with Gasteiger partial charge in [-0.2, -0.15) is 0 Å². The maximum atomic E-state index is 12.5. The normalized spacial score (nSPS) is 11.2. The highest BCUT2D eigenvalue weighted by atomic mass is 35.5. The molecule has 0 saturated carbocycles. The van der Waals surface area contributed by atoms with E-state index in [1.54, 1.807) is 7.05 Å². The van der Waals surface area contributed by atoms with Crippen LogP contribution < -0.4 is 10.9 Å². The first-order valence-electron chi connectivity index (χ1n) is 7.29. The van der Waals surface area contributed by atoms with Crippen LogP contribution in [0, 0.1) is 0 Å². The van der Waals surface area contributed by atoms with Crippen LogP contribution in [0.4, 0.5) is 5.69 Å². The smallest absolute Gasteiger partial charge is 0.272 e. The maximum absolute atomic E-state index is 12.5. The highest BCUT2D eigenvalue weighted by Gasteiger charge is 2.17. The van der Waals surface area contributed by atoms with E-state index in [0.29, 0.717) is 10.7 Å². The number of benzene rings is 2. The van der Waals surface area contributed by atoms with E-state index in [9.17, 15) is 4.79 Å². The molecule has 0 unspecified atom stereocenters. The molecule has 4 nitrogen and oxygen atoms in total. The number of rotatable bonds is 2. The Morgan fingerprint density at radius 3 is 2.52 bits per heavy atom. The van der Waals surface area contributed by atoms with E-state index in [2.05, 4.69) is 15.3 Å². The lowest BCUT2D eigenvalue weighted by Crippen LogP contribution is -2.13. The van der Waals surface area contributed by atoms with Crippen molar-refractivity contribution in [1.82, 2.24) is 9.97 Å². The molecule has 3 N–H and O–H groups in total. The number of nitrogens with one attached hydrogen (secondary N) is 3. The number of hydrogen-bond donors (Lipinski definition) is 3. The zero-order chi connectivity index (χ0) is 16.0. The van der Waals surface area contributed by atoms with Crippen molar-refractivity contribution >= 4 is 39.2 Å². The third-order valence-electron chi connectivity index (χ3n) is 4.04. The lowest BCUT2D eigenvalue weighted by atomic mass is 10.0. The molecule has 5 heteroatoms. The first-order valence-corrected chi connectivity index (χ1v) is 7.67. The number of H-pyrrole nitrogens is 2. The second-order valence-electron chi connectivity index (χ2n) is 5.39. The number of aromatic nitrogens is 2. The van der Waals surface area contributed by atoms with Crippen molar-refractivity contribution in [3.05, 3.63) is 63.9 Å². The Hall–Kier alpha value is -2.72. The molecule has 114 valence electrons. The van der Waals surface area contributed by atoms with E-state index in [1.807, 2.05) is 48.5 Å². The zero-order valence-electron chi connectivity index (χ0n) is 12.4. The second-order valence-corrected chi connectivity index (χ2v) is 5.82. The molecular formula is C18H14ClN3O. The van der Waals surface area contributed by atoms with Gasteiger partial charge >= 0.3 is 0 Å². The van der Waals surface area contributed by atoms with Crippen LogP contribution >= 0.6 is 11.6 Å². The van der Waals surface area contributed by atoms with Crippen molar-refractivity contribution in [3.8, 4) is 11.1 Å². The molecule has 23 heavy (non-hydrogen) atoms. The number of fused-ring (bicyclic) bond motifs is 3. The summed E-state index contributed by atoms with van der Waals surface area (Å²) in [5.74, 6) is 0. The van der Waals surface area contributed by atoms with Gasteiger partial charge in [0, 0.05) is 28.5 Å². The van der Waals surface area contributed by atoms with Crippen LogP contribution in [-0.4, -0.2) is 17.0 Å². The van der Waals surface area contributed by atoms with E-state index in [0.717, 1.165) is 33.1 Å². The van der Waals surface area contributed by atoms with Crippen LogP contribution in [0.25, 0.3) is 33.1 Å². The molecule has 4 aromatic rings. The fourth-order valence-electron chi connectivity index (χ4n) is 3.03. The Morgan fingerprint density at radius 2 is 1.78 bits per heavy atom. The molecule has 2 heterocycles. The fraction of sp³-hybridized carbons (Fsp3) is 0.0556. The molecule has 0 aliphatic carbocycles. The summed E-state index contributed by atoms with van der Waals surface area (Å²) in [7, 11) is 1.75. The first kappa shape index (κ1) is 13.9. The number of halogens is 1. The van der Waals surface area contributed by atoms with Crippen molar-refractivity contribution in [3.63, 3.8) is 0 Å². The van der Waals surface area contributed by atoms with Crippen LogP contribution in [0.2, 0.25) is 5.02 Å². The van der Waals surface area contributed by atoms with Gasteiger partial charge in [0.15, 0.2) is 0 Å². The molecule has 2 aromatic carbocycles. The summed E-state index contributed by atoms with van der Waals surface area (Å²) < 4.78 is 0. The van der Waals surface area contributed by atoms with E-state index < -0.39 is 0 Å². The predicted molar refractivity (Wildman–Crippen MR) is 96.4 cm³/mol. The van der Waals surface area contributed by atoms with Crippen molar-refractivity contribution in [2.75, 3.05) is 12.4 Å². The van der Waals surface area contributed by atoms with Crippen molar-refractivity contribution in [1.29, 1.82) is 0 Å². The molecule has 0 amide bonds. The second kappa shape index (κ2) is 5.18. The summed E-state index contributed by atoms with van der Waals surface area (Å²) in [5.41, 5.74) is 4.82. The number of anilines is 1. The number of aromatic amines is 2. The van der Waals surface area contributed by atoms with Crippen molar-refractivity contribution < 1.29 is 0 Å². The van der Waals surface area contributed by atoms with Gasteiger partial charge < -0.3 is 15.3 Å².